The van der Waals surface area contributed by atoms with E-state index in [9.17, 15) is 9.59 Å². The van der Waals surface area contributed by atoms with Gasteiger partial charge in [0.15, 0.2) is 5.82 Å². The number of likely N-dealkylation sites (tertiary alicyclic amines) is 1. The quantitative estimate of drug-likeness (QED) is 0.393. The Labute approximate surface area is 206 Å². The van der Waals surface area contributed by atoms with Crippen molar-refractivity contribution in [2.24, 2.45) is 0 Å². The van der Waals surface area contributed by atoms with Crippen LogP contribution in [0.1, 0.15) is 18.9 Å². The number of halogens is 1. The van der Waals surface area contributed by atoms with Crippen LogP contribution in [0.2, 0.25) is 5.02 Å². The Morgan fingerprint density at radius 3 is 2.74 bits per heavy atom. The number of rotatable bonds is 5. The highest BCUT2D eigenvalue weighted by Gasteiger charge is 2.27. The first-order chi connectivity index (χ1) is 17.0. The van der Waals surface area contributed by atoms with Gasteiger partial charge in [0.1, 0.15) is 17.0 Å². The fourth-order valence-electron chi connectivity index (χ4n) is 4.61. The second kappa shape index (κ2) is 9.31. The van der Waals surface area contributed by atoms with E-state index in [1.165, 1.54) is 6.08 Å². The van der Waals surface area contributed by atoms with Gasteiger partial charge in [0.05, 0.1) is 16.5 Å². The largest absolute Gasteiger partial charge is 0.456 e. The number of nitrogens with one attached hydrogen (secondary N) is 1. The van der Waals surface area contributed by atoms with Crippen molar-refractivity contribution in [1.29, 1.82) is 0 Å². The van der Waals surface area contributed by atoms with Crippen LogP contribution in [-0.2, 0) is 4.79 Å². The predicted octanol–water partition coefficient (Wildman–Crippen LogP) is 4.77. The van der Waals surface area contributed by atoms with Crippen LogP contribution in [0.4, 0.5) is 5.82 Å². The van der Waals surface area contributed by atoms with E-state index >= 15 is 0 Å². The summed E-state index contributed by atoms with van der Waals surface area (Å²) >= 11 is 6.20. The van der Waals surface area contributed by atoms with Crippen molar-refractivity contribution in [2.45, 2.75) is 18.9 Å². The Kier molecular flexibility index (Phi) is 6.05. The van der Waals surface area contributed by atoms with E-state index in [1.807, 2.05) is 47.2 Å². The van der Waals surface area contributed by atoms with E-state index in [-0.39, 0.29) is 23.3 Å². The number of anilines is 1. The third kappa shape index (κ3) is 4.28. The van der Waals surface area contributed by atoms with Gasteiger partial charge in [0, 0.05) is 24.8 Å². The zero-order valence-corrected chi connectivity index (χ0v) is 19.7. The molecule has 0 spiro atoms. The van der Waals surface area contributed by atoms with Gasteiger partial charge >= 0.3 is 0 Å². The molecule has 4 aromatic rings. The number of para-hydroxylation sites is 1. The van der Waals surface area contributed by atoms with Crippen LogP contribution in [0.5, 0.6) is 11.5 Å². The molecule has 8 nitrogen and oxygen atoms in total. The van der Waals surface area contributed by atoms with Crippen molar-refractivity contribution in [3.8, 4) is 22.6 Å². The summed E-state index contributed by atoms with van der Waals surface area (Å²) in [7, 11) is 0. The molecule has 2 aromatic carbocycles. The highest BCUT2D eigenvalue weighted by Crippen LogP contribution is 2.37. The number of carbonyl (C=O) groups excluding carboxylic acids is 1. The summed E-state index contributed by atoms with van der Waals surface area (Å²) in [6, 6.07) is 14.7. The van der Waals surface area contributed by atoms with E-state index < -0.39 is 0 Å². The number of nitrogen functional groups attached to an aromatic ring is 1. The average Bonchev–Trinajstić information content (AvgIpc) is 3.30. The molecule has 35 heavy (non-hydrogen) atoms. The number of nitrogens with two attached hydrogens (primary N) is 1. The molecule has 1 saturated heterocycles. The lowest BCUT2D eigenvalue weighted by Gasteiger charge is -2.33. The lowest BCUT2D eigenvalue weighted by molar-refractivity contribution is -0.127. The fourth-order valence-corrected chi connectivity index (χ4v) is 4.78. The Balaban J connectivity index is 1.54. The molecule has 1 aliphatic heterocycles. The molecule has 9 heteroatoms. The SMILES string of the molecule is C=CC(=O)N1CCCC(n2cc(-c3ccc(Oc4ccccc4Cl)cc3)c3c(N)n[nH]c(=O)c32)C1. The highest BCUT2D eigenvalue weighted by atomic mass is 35.5. The van der Waals surface area contributed by atoms with Gasteiger partial charge in [-0.3, -0.25) is 9.59 Å². The molecular weight excluding hydrogens is 466 g/mol. The van der Waals surface area contributed by atoms with Gasteiger partial charge in [-0.1, -0.05) is 42.4 Å². The van der Waals surface area contributed by atoms with Gasteiger partial charge in [-0.25, -0.2) is 5.10 Å². The number of H-pyrrole nitrogens is 1. The van der Waals surface area contributed by atoms with E-state index in [2.05, 4.69) is 16.8 Å². The molecule has 1 fully saturated rings. The molecule has 178 valence electrons. The molecule has 1 amide bonds. The summed E-state index contributed by atoms with van der Waals surface area (Å²) in [6.07, 6.45) is 4.90. The lowest BCUT2D eigenvalue weighted by atomic mass is 10.1. The van der Waals surface area contributed by atoms with Crippen LogP contribution < -0.4 is 16.0 Å². The lowest BCUT2D eigenvalue weighted by Crippen LogP contribution is -2.40. The summed E-state index contributed by atoms with van der Waals surface area (Å²) in [5.41, 5.74) is 8.00. The molecule has 5 rings (SSSR count). The number of ether oxygens (including phenoxy) is 1. The van der Waals surface area contributed by atoms with Gasteiger partial charge in [-0.15, -0.1) is 0 Å². The number of nitrogens with zero attached hydrogens (tertiary/aromatic N) is 3. The summed E-state index contributed by atoms with van der Waals surface area (Å²) in [5.74, 6) is 1.31. The number of aromatic amines is 1. The minimum atomic E-state index is -0.328. The predicted molar refractivity (Wildman–Crippen MR) is 137 cm³/mol. The summed E-state index contributed by atoms with van der Waals surface area (Å²) in [6.45, 7) is 4.75. The van der Waals surface area contributed by atoms with Gasteiger partial charge in [-0.2, -0.15) is 5.10 Å². The number of amides is 1. The van der Waals surface area contributed by atoms with Crippen molar-refractivity contribution < 1.29 is 9.53 Å². The summed E-state index contributed by atoms with van der Waals surface area (Å²) in [5, 5.41) is 7.60. The first kappa shape index (κ1) is 22.7. The summed E-state index contributed by atoms with van der Waals surface area (Å²) in [4.78, 5) is 26.9. The number of piperidine rings is 1. The summed E-state index contributed by atoms with van der Waals surface area (Å²) < 4.78 is 7.83. The molecule has 3 N–H and O–H groups in total. The first-order valence-electron chi connectivity index (χ1n) is 11.3. The molecule has 0 radical (unpaired) electrons. The van der Waals surface area contributed by atoms with E-state index in [1.54, 1.807) is 17.0 Å². The second-order valence-corrected chi connectivity index (χ2v) is 8.86. The number of hydrogen-bond donors (Lipinski definition) is 2. The molecule has 3 heterocycles. The Bertz CT molecular complexity index is 1470. The van der Waals surface area contributed by atoms with E-state index in [0.29, 0.717) is 40.5 Å². The van der Waals surface area contributed by atoms with E-state index in [4.69, 9.17) is 22.1 Å². The molecule has 1 atom stereocenters. The van der Waals surface area contributed by atoms with E-state index in [0.717, 1.165) is 24.0 Å². The standard InChI is InChI=1S/C26H24ClN5O3/c1-2-22(33)31-13-5-6-17(14-31)32-15-19(23-24(32)26(34)30-29-25(23)28)16-9-11-18(12-10-16)35-21-8-4-3-7-20(21)27/h2-4,7-12,15,17H,1,5-6,13-14H2,(H2,28,29)(H,30,34). The molecule has 2 aromatic heterocycles. The fraction of sp³-hybridized carbons (Fsp3) is 0.192. The average molecular weight is 490 g/mol. The highest BCUT2D eigenvalue weighted by molar-refractivity contribution is 6.32. The van der Waals surface area contributed by atoms with Crippen LogP contribution in [0.15, 0.2) is 72.2 Å². The van der Waals surface area contributed by atoms with Crippen molar-refractivity contribution in [3.63, 3.8) is 0 Å². The Morgan fingerprint density at radius 1 is 1.23 bits per heavy atom. The Hall–Kier alpha value is -4.04. The van der Waals surface area contributed by atoms with Crippen molar-refractivity contribution in [3.05, 3.63) is 82.8 Å². The van der Waals surface area contributed by atoms with Crippen LogP contribution in [0.25, 0.3) is 22.0 Å². The number of aromatic nitrogens is 3. The molecule has 1 unspecified atom stereocenters. The molecule has 0 saturated carbocycles. The normalized spacial score (nSPS) is 15.8. The van der Waals surface area contributed by atoms with Crippen LogP contribution in [0.3, 0.4) is 0 Å². The van der Waals surface area contributed by atoms with Crippen molar-refractivity contribution in [2.75, 3.05) is 18.8 Å². The van der Waals surface area contributed by atoms with Crippen LogP contribution >= 0.6 is 11.6 Å². The maximum Gasteiger partial charge on any atom is 0.288 e. The zero-order chi connectivity index (χ0) is 24.5. The Morgan fingerprint density at radius 2 is 2.00 bits per heavy atom. The smallest absolute Gasteiger partial charge is 0.288 e. The minimum Gasteiger partial charge on any atom is -0.456 e. The monoisotopic (exact) mass is 489 g/mol. The topological polar surface area (TPSA) is 106 Å². The molecule has 0 bridgehead atoms. The van der Waals surface area contributed by atoms with Gasteiger partial charge in [0.2, 0.25) is 5.91 Å². The van der Waals surface area contributed by atoms with Crippen molar-refractivity contribution >= 4 is 34.2 Å². The first-order valence-corrected chi connectivity index (χ1v) is 11.7. The molecule has 1 aliphatic rings. The second-order valence-electron chi connectivity index (χ2n) is 8.45. The van der Waals surface area contributed by atoms with Gasteiger partial charge in [-0.05, 0) is 48.7 Å². The number of benzene rings is 2. The molecule has 0 aliphatic carbocycles. The number of hydrogen-bond acceptors (Lipinski definition) is 5. The van der Waals surface area contributed by atoms with Gasteiger partial charge in [0.25, 0.3) is 5.56 Å². The van der Waals surface area contributed by atoms with Crippen LogP contribution in [0, 0.1) is 0 Å². The number of carbonyl (C=O) groups is 1. The third-order valence-corrected chi connectivity index (χ3v) is 6.60. The third-order valence-electron chi connectivity index (χ3n) is 6.29. The number of fused-ring (bicyclic) bond motifs is 1. The molecular formula is C26H24ClN5O3. The van der Waals surface area contributed by atoms with Crippen LogP contribution in [-0.4, -0.2) is 38.7 Å². The van der Waals surface area contributed by atoms with Gasteiger partial charge < -0.3 is 19.9 Å². The van der Waals surface area contributed by atoms with Crippen molar-refractivity contribution in [1.82, 2.24) is 19.7 Å². The maximum atomic E-state index is 12.9. The zero-order valence-electron chi connectivity index (χ0n) is 18.9. The minimum absolute atomic E-state index is 0.0744. The maximum absolute atomic E-state index is 12.9.